The molecule has 24 heavy (non-hydrogen) atoms. The largest absolute Gasteiger partial charge is 0.366 e. The zero-order chi connectivity index (χ0) is 17.0. The van der Waals surface area contributed by atoms with Crippen molar-refractivity contribution in [2.24, 2.45) is 5.73 Å². The van der Waals surface area contributed by atoms with E-state index in [2.05, 4.69) is 55.5 Å². The molecule has 0 fully saturated rings. The normalized spacial score (nSPS) is 22.5. The third-order valence-electron chi connectivity index (χ3n) is 4.90. The molecule has 2 heteroatoms. The quantitative estimate of drug-likeness (QED) is 0.851. The Hall–Kier alpha value is -2.61. The summed E-state index contributed by atoms with van der Waals surface area (Å²) >= 11 is 0. The predicted molar refractivity (Wildman–Crippen MR) is 99.0 cm³/mol. The van der Waals surface area contributed by atoms with Crippen LogP contribution in [-0.4, -0.2) is 5.91 Å². The predicted octanol–water partition coefficient (Wildman–Crippen LogP) is 4.73. The zero-order valence-corrected chi connectivity index (χ0v) is 14.0. The lowest BCUT2D eigenvalue weighted by Gasteiger charge is -2.40. The molecular formula is C22H23NO. The van der Waals surface area contributed by atoms with E-state index in [1.165, 1.54) is 5.56 Å². The summed E-state index contributed by atoms with van der Waals surface area (Å²) in [5.74, 6) is -0.277. The van der Waals surface area contributed by atoms with E-state index in [-0.39, 0.29) is 17.2 Å². The van der Waals surface area contributed by atoms with Crippen LogP contribution in [-0.2, 0) is 5.41 Å². The Kier molecular flexibility index (Phi) is 4.66. The van der Waals surface area contributed by atoms with Gasteiger partial charge in [-0.3, -0.25) is 4.79 Å². The first kappa shape index (κ1) is 16.3. The molecular weight excluding hydrogens is 294 g/mol. The number of rotatable bonds is 5. The molecule has 1 aliphatic carbocycles. The first-order valence-electron chi connectivity index (χ1n) is 8.49. The lowest BCUT2D eigenvalue weighted by Crippen LogP contribution is -2.33. The van der Waals surface area contributed by atoms with Crippen molar-refractivity contribution in [1.29, 1.82) is 0 Å². The molecule has 0 heterocycles. The molecule has 0 bridgehead atoms. The van der Waals surface area contributed by atoms with Crippen LogP contribution < -0.4 is 5.73 Å². The Morgan fingerprint density at radius 1 is 1.04 bits per heavy atom. The number of carbonyl (C=O) groups excluding carboxylic acids is 1. The van der Waals surface area contributed by atoms with Gasteiger partial charge in [0, 0.05) is 16.9 Å². The summed E-state index contributed by atoms with van der Waals surface area (Å²) < 4.78 is 0. The minimum Gasteiger partial charge on any atom is -0.366 e. The number of nitrogens with two attached hydrogens (primary N) is 1. The second kappa shape index (κ2) is 6.88. The van der Waals surface area contributed by atoms with Crippen LogP contribution in [0.2, 0.25) is 0 Å². The molecule has 2 aromatic rings. The van der Waals surface area contributed by atoms with Gasteiger partial charge in [-0.15, -0.1) is 0 Å². The van der Waals surface area contributed by atoms with E-state index >= 15 is 0 Å². The van der Waals surface area contributed by atoms with Crippen molar-refractivity contribution in [2.45, 2.75) is 31.1 Å². The molecule has 0 aromatic heterocycles. The highest BCUT2D eigenvalue weighted by molar-refractivity contribution is 5.94. The summed E-state index contributed by atoms with van der Waals surface area (Å²) in [5, 5.41) is 0. The Morgan fingerprint density at radius 3 is 2.46 bits per heavy atom. The Bertz CT molecular complexity index is 776. The highest BCUT2D eigenvalue weighted by Crippen LogP contribution is 2.47. The molecule has 0 radical (unpaired) electrons. The Morgan fingerprint density at radius 2 is 1.75 bits per heavy atom. The number of carbonyl (C=O) groups is 1. The molecule has 0 aliphatic heterocycles. The second-order valence-corrected chi connectivity index (χ2v) is 6.33. The van der Waals surface area contributed by atoms with Gasteiger partial charge in [0.2, 0.25) is 5.91 Å². The molecule has 2 aromatic carbocycles. The lowest BCUT2D eigenvalue weighted by atomic mass is 9.63. The number of primary amides is 1. The van der Waals surface area contributed by atoms with Gasteiger partial charge in [0.05, 0.1) is 0 Å². The van der Waals surface area contributed by atoms with Crippen molar-refractivity contribution < 1.29 is 4.79 Å². The number of benzene rings is 2. The monoisotopic (exact) mass is 317 g/mol. The van der Waals surface area contributed by atoms with Gasteiger partial charge in [0.1, 0.15) is 0 Å². The summed E-state index contributed by atoms with van der Waals surface area (Å²) in [4.78, 5) is 11.9. The van der Waals surface area contributed by atoms with Crippen molar-refractivity contribution in [3.8, 4) is 0 Å². The molecule has 2 unspecified atom stereocenters. The molecule has 3 rings (SSSR count). The number of amides is 1. The average Bonchev–Trinajstić information content (AvgIpc) is 2.63. The van der Waals surface area contributed by atoms with Crippen molar-refractivity contribution >= 4 is 5.91 Å². The SMILES string of the molecule is CCCC1(c2ccccc2)C=CC=CC1c1ccccc1C(N)=O. The molecule has 2 nitrogen and oxygen atoms in total. The second-order valence-electron chi connectivity index (χ2n) is 6.33. The van der Waals surface area contributed by atoms with Gasteiger partial charge in [0.25, 0.3) is 0 Å². The average molecular weight is 317 g/mol. The maximum absolute atomic E-state index is 11.9. The van der Waals surface area contributed by atoms with Gasteiger partial charge in [-0.2, -0.15) is 0 Å². The lowest BCUT2D eigenvalue weighted by molar-refractivity contribution is 0.0999. The van der Waals surface area contributed by atoms with E-state index in [1.54, 1.807) is 0 Å². The molecule has 2 N–H and O–H groups in total. The molecule has 2 atom stereocenters. The minimum atomic E-state index is -0.369. The summed E-state index contributed by atoms with van der Waals surface area (Å²) in [6.07, 6.45) is 10.7. The van der Waals surface area contributed by atoms with Crippen LogP contribution in [0.1, 0.15) is 47.2 Å². The summed E-state index contributed by atoms with van der Waals surface area (Å²) in [6.45, 7) is 2.20. The van der Waals surface area contributed by atoms with E-state index in [0.717, 1.165) is 18.4 Å². The van der Waals surface area contributed by atoms with Crippen LogP contribution in [0.25, 0.3) is 0 Å². The Labute approximate surface area is 143 Å². The van der Waals surface area contributed by atoms with Crippen LogP contribution in [0.15, 0.2) is 78.9 Å². The standard InChI is InChI=1S/C22H23NO/c1-2-15-22(17-10-4-3-5-11-17)16-9-8-14-20(22)18-12-6-7-13-19(18)21(23)24/h3-14,16,20H,2,15H2,1H3,(H2,23,24). The van der Waals surface area contributed by atoms with Crippen molar-refractivity contribution in [3.05, 3.63) is 95.6 Å². The number of hydrogen-bond donors (Lipinski definition) is 1. The number of hydrogen-bond acceptors (Lipinski definition) is 1. The van der Waals surface area contributed by atoms with Gasteiger partial charge >= 0.3 is 0 Å². The molecule has 0 saturated heterocycles. The van der Waals surface area contributed by atoms with Crippen LogP contribution in [0.5, 0.6) is 0 Å². The number of allylic oxidation sites excluding steroid dienone is 4. The van der Waals surface area contributed by atoms with Gasteiger partial charge in [-0.05, 0) is 23.6 Å². The summed E-state index contributed by atoms with van der Waals surface area (Å²) in [6, 6.07) is 18.3. The van der Waals surface area contributed by atoms with E-state index in [4.69, 9.17) is 5.73 Å². The first-order chi connectivity index (χ1) is 11.7. The fourth-order valence-corrected chi connectivity index (χ4v) is 3.87. The van der Waals surface area contributed by atoms with Crippen LogP contribution in [0.4, 0.5) is 0 Å². The highest BCUT2D eigenvalue weighted by atomic mass is 16.1. The summed E-state index contributed by atoms with van der Waals surface area (Å²) in [5.41, 5.74) is 8.37. The minimum absolute atomic E-state index is 0.0912. The fraction of sp³-hybridized carbons (Fsp3) is 0.227. The third-order valence-corrected chi connectivity index (χ3v) is 4.90. The van der Waals surface area contributed by atoms with Crippen LogP contribution in [0.3, 0.4) is 0 Å². The van der Waals surface area contributed by atoms with E-state index < -0.39 is 0 Å². The van der Waals surface area contributed by atoms with Gasteiger partial charge in [-0.1, -0.05) is 86.2 Å². The van der Waals surface area contributed by atoms with Crippen molar-refractivity contribution in [3.63, 3.8) is 0 Å². The molecule has 1 aliphatic rings. The fourth-order valence-electron chi connectivity index (χ4n) is 3.87. The van der Waals surface area contributed by atoms with E-state index in [0.29, 0.717) is 5.56 Å². The van der Waals surface area contributed by atoms with E-state index in [9.17, 15) is 4.79 Å². The maximum Gasteiger partial charge on any atom is 0.248 e. The van der Waals surface area contributed by atoms with Crippen molar-refractivity contribution in [1.82, 2.24) is 0 Å². The first-order valence-corrected chi connectivity index (χ1v) is 8.49. The third kappa shape index (κ3) is 2.80. The van der Waals surface area contributed by atoms with Gasteiger partial charge < -0.3 is 5.73 Å². The smallest absolute Gasteiger partial charge is 0.248 e. The van der Waals surface area contributed by atoms with E-state index in [1.807, 2.05) is 30.3 Å². The van der Waals surface area contributed by atoms with Crippen LogP contribution >= 0.6 is 0 Å². The van der Waals surface area contributed by atoms with Crippen molar-refractivity contribution in [2.75, 3.05) is 0 Å². The van der Waals surface area contributed by atoms with Gasteiger partial charge in [-0.25, -0.2) is 0 Å². The highest BCUT2D eigenvalue weighted by Gasteiger charge is 2.39. The Balaban J connectivity index is 2.20. The maximum atomic E-state index is 11.9. The van der Waals surface area contributed by atoms with Crippen LogP contribution in [0, 0.1) is 0 Å². The summed E-state index contributed by atoms with van der Waals surface area (Å²) in [7, 11) is 0. The molecule has 0 saturated carbocycles. The molecule has 122 valence electrons. The van der Waals surface area contributed by atoms with Gasteiger partial charge in [0.15, 0.2) is 0 Å². The molecule has 1 amide bonds. The zero-order valence-electron chi connectivity index (χ0n) is 14.0. The molecule has 0 spiro atoms. The topological polar surface area (TPSA) is 43.1 Å².